The molecule has 0 spiro atoms. The number of ketones is 1. The minimum Gasteiger partial charge on any atom is -0.497 e. The summed E-state index contributed by atoms with van der Waals surface area (Å²) in [5.41, 5.74) is 1.15. The molecular formula is C17H24O2. The van der Waals surface area contributed by atoms with E-state index in [1.807, 2.05) is 30.3 Å². The van der Waals surface area contributed by atoms with Gasteiger partial charge in [-0.15, -0.1) is 0 Å². The fourth-order valence-electron chi connectivity index (χ4n) is 1.91. The van der Waals surface area contributed by atoms with Gasteiger partial charge in [-0.3, -0.25) is 4.79 Å². The molecule has 0 aliphatic rings. The number of hydrogen-bond acceptors (Lipinski definition) is 2. The molecule has 1 rings (SSSR count). The maximum absolute atomic E-state index is 11.7. The first-order valence-corrected chi connectivity index (χ1v) is 7.08. The Balaban J connectivity index is 2.29. The van der Waals surface area contributed by atoms with Crippen LogP contribution in [0.5, 0.6) is 5.75 Å². The number of carbonyl (C=O) groups excluding carboxylic acids is 1. The van der Waals surface area contributed by atoms with Crippen molar-refractivity contribution in [1.29, 1.82) is 0 Å². The maximum Gasteiger partial charge on any atom is 0.155 e. The van der Waals surface area contributed by atoms with Crippen molar-refractivity contribution in [3.8, 4) is 5.75 Å². The topological polar surface area (TPSA) is 26.3 Å². The molecule has 1 aromatic rings. The summed E-state index contributed by atoms with van der Waals surface area (Å²) >= 11 is 0. The van der Waals surface area contributed by atoms with Gasteiger partial charge in [0.15, 0.2) is 5.78 Å². The Kier molecular flexibility index (Phi) is 7.64. The molecule has 0 saturated heterocycles. The third-order valence-corrected chi connectivity index (χ3v) is 3.07. The van der Waals surface area contributed by atoms with Gasteiger partial charge in [-0.1, -0.05) is 38.0 Å². The summed E-state index contributed by atoms with van der Waals surface area (Å²) in [6.45, 7) is 2.18. The highest BCUT2D eigenvalue weighted by molar-refractivity contribution is 5.89. The fraction of sp³-hybridized carbons (Fsp3) is 0.471. The van der Waals surface area contributed by atoms with E-state index in [9.17, 15) is 4.79 Å². The highest BCUT2D eigenvalue weighted by Crippen LogP contribution is 2.14. The van der Waals surface area contributed by atoms with Crippen molar-refractivity contribution in [3.63, 3.8) is 0 Å². The first-order chi connectivity index (χ1) is 9.26. The zero-order valence-electron chi connectivity index (χ0n) is 12.0. The summed E-state index contributed by atoms with van der Waals surface area (Å²) in [6.07, 6.45) is 9.72. The third-order valence-electron chi connectivity index (χ3n) is 3.07. The van der Waals surface area contributed by atoms with Gasteiger partial charge in [0.05, 0.1) is 7.11 Å². The van der Waals surface area contributed by atoms with Crippen LogP contribution in [0.15, 0.2) is 36.4 Å². The molecule has 0 N–H and O–H groups in total. The normalized spacial score (nSPS) is 10.8. The van der Waals surface area contributed by atoms with Gasteiger partial charge in [0, 0.05) is 6.42 Å². The summed E-state index contributed by atoms with van der Waals surface area (Å²) in [5, 5.41) is 0. The molecule has 19 heavy (non-hydrogen) atoms. The number of aryl methyl sites for hydroxylation is 1. The molecule has 2 heteroatoms. The second-order valence-corrected chi connectivity index (χ2v) is 4.72. The average Bonchev–Trinajstić information content (AvgIpc) is 2.45. The summed E-state index contributed by atoms with van der Waals surface area (Å²) in [4.78, 5) is 11.7. The smallest absolute Gasteiger partial charge is 0.155 e. The average molecular weight is 260 g/mol. The quantitative estimate of drug-likeness (QED) is 0.488. The lowest BCUT2D eigenvalue weighted by Gasteiger charge is -2.03. The SMILES string of the molecule is CCCCC/C=C/C(=O)CCc1cccc(OC)c1. The molecule has 0 bridgehead atoms. The van der Waals surface area contributed by atoms with Crippen LogP contribution in [0.3, 0.4) is 0 Å². The van der Waals surface area contributed by atoms with Crippen molar-refractivity contribution in [1.82, 2.24) is 0 Å². The number of carbonyl (C=O) groups is 1. The molecule has 0 aromatic heterocycles. The van der Waals surface area contributed by atoms with Gasteiger partial charge < -0.3 is 4.74 Å². The molecule has 0 aliphatic heterocycles. The van der Waals surface area contributed by atoms with Crippen molar-refractivity contribution in [2.75, 3.05) is 7.11 Å². The Morgan fingerprint density at radius 2 is 2.16 bits per heavy atom. The van der Waals surface area contributed by atoms with E-state index in [0.29, 0.717) is 6.42 Å². The summed E-state index contributed by atoms with van der Waals surface area (Å²) in [6, 6.07) is 7.89. The van der Waals surface area contributed by atoms with Crippen LogP contribution in [0, 0.1) is 0 Å². The molecule has 0 aliphatic carbocycles. The van der Waals surface area contributed by atoms with E-state index in [-0.39, 0.29) is 5.78 Å². The number of allylic oxidation sites excluding steroid dienone is 2. The monoisotopic (exact) mass is 260 g/mol. The molecule has 0 saturated carbocycles. The van der Waals surface area contributed by atoms with Crippen molar-refractivity contribution in [2.24, 2.45) is 0 Å². The standard InChI is InChI=1S/C17H24O2/c1-3-4-5-6-7-10-16(18)13-12-15-9-8-11-17(14-15)19-2/h7-11,14H,3-6,12-13H2,1-2H3/b10-7+. The largest absolute Gasteiger partial charge is 0.497 e. The predicted molar refractivity (Wildman–Crippen MR) is 79.6 cm³/mol. The van der Waals surface area contributed by atoms with E-state index in [2.05, 4.69) is 6.92 Å². The van der Waals surface area contributed by atoms with Crippen LogP contribution >= 0.6 is 0 Å². The molecule has 0 amide bonds. The van der Waals surface area contributed by atoms with Gasteiger partial charge in [0.25, 0.3) is 0 Å². The van der Waals surface area contributed by atoms with Crippen LogP contribution < -0.4 is 4.74 Å². The van der Waals surface area contributed by atoms with Crippen molar-refractivity contribution in [3.05, 3.63) is 42.0 Å². The van der Waals surface area contributed by atoms with Crippen LogP contribution in [0.1, 0.15) is 44.6 Å². The van der Waals surface area contributed by atoms with Crippen LogP contribution in [0.2, 0.25) is 0 Å². The lowest BCUT2D eigenvalue weighted by Crippen LogP contribution is -1.96. The molecule has 0 fully saturated rings. The third kappa shape index (κ3) is 6.80. The Morgan fingerprint density at radius 3 is 2.89 bits per heavy atom. The number of ether oxygens (including phenoxy) is 1. The second kappa shape index (κ2) is 9.37. The highest BCUT2D eigenvalue weighted by atomic mass is 16.5. The van der Waals surface area contributed by atoms with Crippen LogP contribution in [0.25, 0.3) is 0 Å². The van der Waals surface area contributed by atoms with Crippen LogP contribution in [-0.2, 0) is 11.2 Å². The van der Waals surface area contributed by atoms with Gasteiger partial charge in [0.1, 0.15) is 5.75 Å². The zero-order chi connectivity index (χ0) is 13.9. The summed E-state index contributed by atoms with van der Waals surface area (Å²) in [7, 11) is 1.66. The number of benzene rings is 1. The van der Waals surface area contributed by atoms with E-state index >= 15 is 0 Å². The number of methoxy groups -OCH3 is 1. The number of hydrogen-bond donors (Lipinski definition) is 0. The van der Waals surface area contributed by atoms with Gasteiger partial charge in [-0.05, 0) is 43.0 Å². The molecule has 0 atom stereocenters. The van der Waals surface area contributed by atoms with E-state index < -0.39 is 0 Å². The Labute approximate surface area is 116 Å². The Morgan fingerprint density at radius 1 is 1.32 bits per heavy atom. The number of unbranched alkanes of at least 4 members (excludes halogenated alkanes) is 3. The first kappa shape index (κ1) is 15.5. The maximum atomic E-state index is 11.7. The first-order valence-electron chi connectivity index (χ1n) is 7.08. The predicted octanol–water partition coefficient (Wildman–Crippen LogP) is 4.33. The van der Waals surface area contributed by atoms with Crippen molar-refractivity contribution in [2.45, 2.75) is 45.4 Å². The molecule has 0 unspecified atom stereocenters. The summed E-state index contributed by atoms with van der Waals surface area (Å²) in [5.74, 6) is 1.05. The fourth-order valence-corrected chi connectivity index (χ4v) is 1.91. The van der Waals surface area contributed by atoms with Gasteiger partial charge >= 0.3 is 0 Å². The van der Waals surface area contributed by atoms with E-state index in [4.69, 9.17) is 4.74 Å². The highest BCUT2D eigenvalue weighted by Gasteiger charge is 2.00. The Hall–Kier alpha value is -1.57. The zero-order valence-corrected chi connectivity index (χ0v) is 12.0. The molecule has 1 aromatic carbocycles. The lowest BCUT2D eigenvalue weighted by atomic mass is 10.1. The molecule has 2 nitrogen and oxygen atoms in total. The van der Waals surface area contributed by atoms with E-state index in [0.717, 1.165) is 24.2 Å². The lowest BCUT2D eigenvalue weighted by molar-refractivity contribution is -0.114. The minimum absolute atomic E-state index is 0.208. The van der Waals surface area contributed by atoms with Crippen molar-refractivity contribution >= 4 is 5.78 Å². The van der Waals surface area contributed by atoms with Gasteiger partial charge in [-0.25, -0.2) is 0 Å². The molecule has 104 valence electrons. The van der Waals surface area contributed by atoms with Crippen LogP contribution in [0.4, 0.5) is 0 Å². The van der Waals surface area contributed by atoms with Crippen molar-refractivity contribution < 1.29 is 9.53 Å². The molecular weight excluding hydrogens is 236 g/mol. The van der Waals surface area contributed by atoms with E-state index in [1.165, 1.54) is 19.3 Å². The molecule has 0 heterocycles. The second-order valence-electron chi connectivity index (χ2n) is 4.72. The van der Waals surface area contributed by atoms with Crippen LogP contribution in [-0.4, -0.2) is 12.9 Å². The minimum atomic E-state index is 0.208. The van der Waals surface area contributed by atoms with Gasteiger partial charge in [0.2, 0.25) is 0 Å². The van der Waals surface area contributed by atoms with Gasteiger partial charge in [-0.2, -0.15) is 0 Å². The Bertz CT molecular complexity index is 407. The summed E-state index contributed by atoms with van der Waals surface area (Å²) < 4.78 is 5.17. The molecule has 0 radical (unpaired) electrons. The number of rotatable bonds is 9. The van der Waals surface area contributed by atoms with E-state index in [1.54, 1.807) is 13.2 Å².